The molecule has 0 amide bonds. The molecule has 0 aliphatic carbocycles. The van der Waals surface area contributed by atoms with Crippen molar-refractivity contribution < 1.29 is 9.47 Å². The SMILES string of the molecule is CC1OC(C)(C)OC1c1ccsc1. The van der Waals surface area contributed by atoms with Crippen molar-refractivity contribution in [2.75, 3.05) is 0 Å². The molecule has 13 heavy (non-hydrogen) atoms. The summed E-state index contributed by atoms with van der Waals surface area (Å²) >= 11 is 1.69. The Hall–Kier alpha value is -0.380. The van der Waals surface area contributed by atoms with E-state index in [0.717, 1.165) is 0 Å². The van der Waals surface area contributed by atoms with Crippen LogP contribution in [0.4, 0.5) is 0 Å². The predicted molar refractivity (Wildman–Crippen MR) is 52.8 cm³/mol. The summed E-state index contributed by atoms with van der Waals surface area (Å²) in [4.78, 5) is 0. The summed E-state index contributed by atoms with van der Waals surface area (Å²) in [7, 11) is 0. The fraction of sp³-hybridized carbons (Fsp3) is 0.600. The van der Waals surface area contributed by atoms with Crippen molar-refractivity contribution in [1.82, 2.24) is 0 Å². The molecule has 0 spiro atoms. The highest BCUT2D eigenvalue weighted by molar-refractivity contribution is 7.07. The fourth-order valence-electron chi connectivity index (χ4n) is 1.71. The van der Waals surface area contributed by atoms with Gasteiger partial charge in [0, 0.05) is 0 Å². The molecule has 1 aromatic rings. The Morgan fingerprint density at radius 2 is 2.15 bits per heavy atom. The lowest BCUT2D eigenvalue weighted by molar-refractivity contribution is -0.145. The minimum absolute atomic E-state index is 0.0984. The standard InChI is InChI=1S/C10H14O2S/c1-7-9(8-4-5-13-6-8)12-10(2,3)11-7/h4-7,9H,1-3H3. The van der Waals surface area contributed by atoms with E-state index in [1.54, 1.807) is 11.3 Å². The lowest BCUT2D eigenvalue weighted by Crippen LogP contribution is -2.20. The zero-order valence-electron chi connectivity index (χ0n) is 8.11. The minimum atomic E-state index is -0.438. The van der Waals surface area contributed by atoms with Crippen LogP contribution < -0.4 is 0 Å². The Morgan fingerprint density at radius 3 is 2.62 bits per heavy atom. The largest absolute Gasteiger partial charge is 0.344 e. The van der Waals surface area contributed by atoms with Crippen LogP contribution in [0.5, 0.6) is 0 Å². The Morgan fingerprint density at radius 1 is 1.38 bits per heavy atom. The van der Waals surface area contributed by atoms with E-state index in [4.69, 9.17) is 9.47 Å². The average Bonchev–Trinajstić information content (AvgIpc) is 2.56. The van der Waals surface area contributed by atoms with Crippen LogP contribution in [0.25, 0.3) is 0 Å². The predicted octanol–water partition coefficient (Wildman–Crippen LogP) is 2.96. The van der Waals surface area contributed by atoms with Gasteiger partial charge in [-0.3, -0.25) is 0 Å². The van der Waals surface area contributed by atoms with Crippen molar-refractivity contribution in [3.05, 3.63) is 22.4 Å². The highest BCUT2D eigenvalue weighted by Crippen LogP contribution is 2.38. The van der Waals surface area contributed by atoms with E-state index < -0.39 is 5.79 Å². The summed E-state index contributed by atoms with van der Waals surface area (Å²) in [5, 5.41) is 4.18. The molecule has 1 fully saturated rings. The zero-order valence-corrected chi connectivity index (χ0v) is 8.93. The van der Waals surface area contributed by atoms with Gasteiger partial charge in [0.05, 0.1) is 6.10 Å². The molecule has 0 aromatic carbocycles. The highest BCUT2D eigenvalue weighted by atomic mass is 32.1. The van der Waals surface area contributed by atoms with Crippen LogP contribution in [0.1, 0.15) is 32.4 Å². The molecule has 1 saturated heterocycles. The van der Waals surface area contributed by atoms with E-state index in [2.05, 4.69) is 23.8 Å². The Labute approximate surface area is 82.5 Å². The molecule has 0 N–H and O–H groups in total. The van der Waals surface area contributed by atoms with Gasteiger partial charge in [-0.15, -0.1) is 0 Å². The van der Waals surface area contributed by atoms with Crippen LogP contribution in [0.2, 0.25) is 0 Å². The molecule has 1 aliphatic rings. The maximum absolute atomic E-state index is 5.79. The van der Waals surface area contributed by atoms with Gasteiger partial charge in [0.25, 0.3) is 0 Å². The molecular weight excluding hydrogens is 184 g/mol. The molecule has 2 atom stereocenters. The number of hydrogen-bond donors (Lipinski definition) is 0. The van der Waals surface area contributed by atoms with Crippen LogP contribution >= 0.6 is 11.3 Å². The molecule has 1 aromatic heterocycles. The second-order valence-corrected chi connectivity index (χ2v) is 4.60. The van der Waals surface area contributed by atoms with Crippen molar-refractivity contribution in [3.8, 4) is 0 Å². The third-order valence-corrected chi connectivity index (χ3v) is 2.88. The molecule has 0 bridgehead atoms. The van der Waals surface area contributed by atoms with Crippen LogP contribution in [0.3, 0.4) is 0 Å². The topological polar surface area (TPSA) is 18.5 Å². The zero-order chi connectivity index (χ0) is 9.47. The molecule has 2 rings (SSSR count). The number of hydrogen-bond acceptors (Lipinski definition) is 3. The first kappa shape index (κ1) is 9.19. The molecule has 1 aliphatic heterocycles. The van der Waals surface area contributed by atoms with Crippen LogP contribution in [-0.2, 0) is 9.47 Å². The molecule has 2 nitrogen and oxygen atoms in total. The molecule has 2 unspecified atom stereocenters. The van der Waals surface area contributed by atoms with Gasteiger partial charge in [0.2, 0.25) is 0 Å². The summed E-state index contributed by atoms with van der Waals surface area (Å²) in [6.45, 7) is 5.96. The molecular formula is C10H14O2S. The van der Waals surface area contributed by atoms with Gasteiger partial charge in [-0.25, -0.2) is 0 Å². The Kier molecular flexibility index (Phi) is 2.18. The van der Waals surface area contributed by atoms with E-state index in [-0.39, 0.29) is 12.2 Å². The summed E-state index contributed by atoms with van der Waals surface area (Å²) in [5.41, 5.74) is 1.23. The fourth-order valence-corrected chi connectivity index (χ4v) is 2.40. The van der Waals surface area contributed by atoms with Gasteiger partial charge < -0.3 is 9.47 Å². The Balaban J connectivity index is 2.19. The normalized spacial score (nSPS) is 32.2. The summed E-state index contributed by atoms with van der Waals surface area (Å²) < 4.78 is 11.5. The van der Waals surface area contributed by atoms with Gasteiger partial charge >= 0.3 is 0 Å². The first-order chi connectivity index (χ1) is 6.08. The van der Waals surface area contributed by atoms with Crippen LogP contribution in [-0.4, -0.2) is 11.9 Å². The van der Waals surface area contributed by atoms with E-state index in [1.165, 1.54) is 5.56 Å². The second kappa shape index (κ2) is 3.08. The first-order valence-electron chi connectivity index (χ1n) is 4.46. The average molecular weight is 198 g/mol. The van der Waals surface area contributed by atoms with E-state index in [1.807, 2.05) is 13.8 Å². The maximum atomic E-state index is 5.79. The maximum Gasteiger partial charge on any atom is 0.164 e. The van der Waals surface area contributed by atoms with Gasteiger partial charge in [0.15, 0.2) is 5.79 Å². The third kappa shape index (κ3) is 1.77. The second-order valence-electron chi connectivity index (χ2n) is 3.82. The quantitative estimate of drug-likeness (QED) is 0.690. The summed E-state index contributed by atoms with van der Waals surface area (Å²) in [5.74, 6) is -0.438. The number of thiophene rings is 1. The minimum Gasteiger partial charge on any atom is -0.344 e. The van der Waals surface area contributed by atoms with Crippen molar-refractivity contribution in [2.45, 2.75) is 38.8 Å². The molecule has 0 radical (unpaired) electrons. The summed E-state index contributed by atoms with van der Waals surface area (Å²) in [6.07, 6.45) is 0.242. The number of rotatable bonds is 1. The van der Waals surface area contributed by atoms with Crippen LogP contribution in [0.15, 0.2) is 16.8 Å². The first-order valence-corrected chi connectivity index (χ1v) is 5.40. The number of ether oxygens (including phenoxy) is 2. The monoisotopic (exact) mass is 198 g/mol. The summed E-state index contributed by atoms with van der Waals surface area (Å²) in [6, 6.07) is 2.09. The van der Waals surface area contributed by atoms with Crippen molar-refractivity contribution in [3.63, 3.8) is 0 Å². The highest BCUT2D eigenvalue weighted by Gasteiger charge is 2.39. The lowest BCUT2D eigenvalue weighted by atomic mass is 10.1. The van der Waals surface area contributed by atoms with Crippen LogP contribution in [0, 0.1) is 0 Å². The molecule has 3 heteroatoms. The van der Waals surface area contributed by atoms with Gasteiger partial charge in [-0.05, 0) is 43.2 Å². The third-order valence-electron chi connectivity index (χ3n) is 2.18. The Bertz CT molecular complexity index is 279. The van der Waals surface area contributed by atoms with E-state index >= 15 is 0 Å². The van der Waals surface area contributed by atoms with Gasteiger partial charge in [-0.1, -0.05) is 0 Å². The molecule has 2 heterocycles. The van der Waals surface area contributed by atoms with Gasteiger partial charge in [0.1, 0.15) is 6.10 Å². The van der Waals surface area contributed by atoms with E-state index in [0.29, 0.717) is 0 Å². The van der Waals surface area contributed by atoms with Gasteiger partial charge in [-0.2, -0.15) is 11.3 Å². The van der Waals surface area contributed by atoms with Crippen molar-refractivity contribution in [2.24, 2.45) is 0 Å². The smallest absolute Gasteiger partial charge is 0.164 e. The molecule has 72 valence electrons. The van der Waals surface area contributed by atoms with E-state index in [9.17, 15) is 0 Å². The van der Waals surface area contributed by atoms with Crippen molar-refractivity contribution >= 4 is 11.3 Å². The lowest BCUT2D eigenvalue weighted by Gasteiger charge is -2.16. The van der Waals surface area contributed by atoms with Crippen molar-refractivity contribution in [1.29, 1.82) is 0 Å². The molecule has 0 saturated carbocycles.